The third-order valence-corrected chi connectivity index (χ3v) is 8.65. The summed E-state index contributed by atoms with van der Waals surface area (Å²) in [5.41, 5.74) is 0.942. The number of imide groups is 1. The number of hydrogen-bond acceptors (Lipinski definition) is 6. The summed E-state index contributed by atoms with van der Waals surface area (Å²) in [5.74, 6) is -0.964. The van der Waals surface area contributed by atoms with E-state index in [1.54, 1.807) is 0 Å². The summed E-state index contributed by atoms with van der Waals surface area (Å²) in [5, 5.41) is 2.06. The zero-order valence-electron chi connectivity index (χ0n) is 18.5. The molecule has 0 aromatic heterocycles. The lowest BCUT2D eigenvalue weighted by atomic mass is 9.71. The molecule has 0 spiro atoms. The van der Waals surface area contributed by atoms with Crippen molar-refractivity contribution in [1.82, 2.24) is 15.0 Å². The lowest BCUT2D eigenvalue weighted by Gasteiger charge is -2.41. The minimum atomic E-state index is -0.846. The second-order valence-electron chi connectivity index (χ2n) is 10.3. The third kappa shape index (κ3) is 2.76. The van der Waals surface area contributed by atoms with Crippen LogP contribution in [0.4, 0.5) is 4.79 Å². The molecule has 5 fully saturated rings. The first-order chi connectivity index (χ1) is 16.5. The van der Waals surface area contributed by atoms with Gasteiger partial charge in [-0.05, 0) is 48.5 Å². The first-order valence-corrected chi connectivity index (χ1v) is 12.1. The molecular weight excluding hydrogens is 438 g/mol. The third-order valence-electron chi connectivity index (χ3n) is 8.65. The number of fused-ring (bicyclic) bond motifs is 7. The predicted octanol–water partition coefficient (Wildman–Crippen LogP) is 1.90. The van der Waals surface area contributed by atoms with E-state index in [2.05, 4.69) is 12.2 Å². The van der Waals surface area contributed by atoms with Gasteiger partial charge in [0.25, 0.3) is 11.8 Å². The molecule has 3 unspecified atom stereocenters. The number of carbonyl (C=O) groups excluding carboxylic acids is 4. The normalized spacial score (nSPS) is 38.9. The minimum Gasteiger partial charge on any atom is -0.328 e. The fourth-order valence-corrected chi connectivity index (χ4v) is 7.01. The Kier molecular flexibility index (Phi) is 4.25. The summed E-state index contributed by atoms with van der Waals surface area (Å²) in [7, 11) is 0. The van der Waals surface area contributed by atoms with Gasteiger partial charge in [0.05, 0.1) is 6.04 Å². The van der Waals surface area contributed by atoms with Gasteiger partial charge in [-0.25, -0.2) is 9.59 Å². The van der Waals surface area contributed by atoms with E-state index in [0.717, 1.165) is 10.6 Å². The van der Waals surface area contributed by atoms with Crippen LogP contribution in [0.2, 0.25) is 0 Å². The van der Waals surface area contributed by atoms with E-state index in [-0.39, 0.29) is 36.3 Å². The van der Waals surface area contributed by atoms with Crippen molar-refractivity contribution in [2.75, 3.05) is 6.54 Å². The van der Waals surface area contributed by atoms with E-state index >= 15 is 0 Å². The fraction of sp³-hybridized carbons (Fsp3) is 0.520. The molecule has 7 rings (SSSR count). The van der Waals surface area contributed by atoms with E-state index in [0.29, 0.717) is 37.6 Å². The number of hydroxylamine groups is 4. The first-order valence-electron chi connectivity index (χ1n) is 12.1. The lowest BCUT2D eigenvalue weighted by Crippen LogP contribution is -2.56. The summed E-state index contributed by atoms with van der Waals surface area (Å²) >= 11 is 0. The van der Waals surface area contributed by atoms with E-state index in [1.165, 1.54) is 9.96 Å². The molecule has 4 bridgehead atoms. The zero-order chi connectivity index (χ0) is 23.1. The average molecular weight is 463 g/mol. The van der Waals surface area contributed by atoms with Gasteiger partial charge in [0.2, 0.25) is 0 Å². The van der Waals surface area contributed by atoms with Gasteiger partial charge < -0.3 is 9.74 Å². The molecule has 34 heavy (non-hydrogen) atoms. The maximum absolute atomic E-state index is 13.1. The maximum atomic E-state index is 13.1. The van der Waals surface area contributed by atoms with Crippen LogP contribution in [0, 0.1) is 35.5 Å². The summed E-state index contributed by atoms with van der Waals surface area (Å²) < 4.78 is 0. The number of allylic oxidation sites excluding steroid dienone is 2. The SMILES string of the molecule is O=C(ON1C(=O)C2CC(C1=O)[C@@H]1C3[C@@H]2C=C[C@H]31)[C@@H]1CC[C@@H]2CN1C(=O)N2OCc1ccccc1. The number of piperidine rings is 2. The highest BCUT2D eigenvalue weighted by Gasteiger charge is 2.69. The molecule has 3 aliphatic carbocycles. The number of urea groups is 1. The Balaban J connectivity index is 1.04. The molecule has 6 aliphatic rings. The van der Waals surface area contributed by atoms with Crippen molar-refractivity contribution in [3.63, 3.8) is 0 Å². The van der Waals surface area contributed by atoms with Crippen molar-refractivity contribution >= 4 is 23.8 Å². The minimum absolute atomic E-state index is 0.138. The van der Waals surface area contributed by atoms with Crippen molar-refractivity contribution in [2.24, 2.45) is 35.5 Å². The van der Waals surface area contributed by atoms with Crippen LogP contribution in [0.1, 0.15) is 24.8 Å². The van der Waals surface area contributed by atoms with E-state index in [9.17, 15) is 19.2 Å². The number of rotatable bonds is 5. The highest BCUT2D eigenvalue weighted by Crippen LogP contribution is 2.67. The van der Waals surface area contributed by atoms with E-state index in [1.807, 2.05) is 30.3 Å². The van der Waals surface area contributed by atoms with Crippen LogP contribution >= 0.6 is 0 Å². The monoisotopic (exact) mass is 463 g/mol. The molecule has 3 saturated heterocycles. The van der Waals surface area contributed by atoms with E-state index < -0.39 is 29.9 Å². The largest absolute Gasteiger partial charge is 0.355 e. The van der Waals surface area contributed by atoms with Crippen LogP contribution in [-0.4, -0.2) is 57.5 Å². The van der Waals surface area contributed by atoms with Crippen LogP contribution in [0.25, 0.3) is 0 Å². The smallest absolute Gasteiger partial charge is 0.328 e. The molecule has 0 radical (unpaired) electrons. The van der Waals surface area contributed by atoms with Crippen molar-refractivity contribution in [2.45, 2.75) is 38.0 Å². The number of hydrogen-bond donors (Lipinski definition) is 0. The lowest BCUT2D eigenvalue weighted by molar-refractivity contribution is -0.217. The van der Waals surface area contributed by atoms with Crippen LogP contribution in [-0.2, 0) is 30.7 Å². The van der Waals surface area contributed by atoms with Gasteiger partial charge in [0, 0.05) is 18.4 Å². The standard InChI is InChI=1S/C25H25N3O6/c29-22-17-10-18(21-16-8-7-15(17)20(16)21)23(30)28(22)34-24(31)19-9-6-14-11-26(19)25(32)27(14)33-12-13-4-2-1-3-5-13/h1-5,7-8,14-21H,6,9-12H2/t14-,15-,16-,17?,18?,19+,20?,21-/m1/s1. The van der Waals surface area contributed by atoms with Crippen molar-refractivity contribution in [1.29, 1.82) is 0 Å². The van der Waals surface area contributed by atoms with Crippen molar-refractivity contribution < 1.29 is 28.9 Å². The highest BCUT2D eigenvalue weighted by molar-refractivity contribution is 6.01. The maximum Gasteiger partial charge on any atom is 0.355 e. The summed E-state index contributed by atoms with van der Waals surface area (Å²) in [6.07, 6.45) is 5.74. The topological polar surface area (TPSA) is 96.5 Å². The molecule has 9 heteroatoms. The molecule has 3 heterocycles. The molecule has 1 aromatic rings. The predicted molar refractivity (Wildman–Crippen MR) is 115 cm³/mol. The number of nitrogens with zero attached hydrogens (tertiary/aromatic N) is 3. The van der Waals surface area contributed by atoms with Crippen LogP contribution < -0.4 is 0 Å². The Bertz CT molecular complexity index is 1120. The van der Waals surface area contributed by atoms with Gasteiger partial charge in [0.1, 0.15) is 12.6 Å². The molecule has 2 saturated carbocycles. The molecule has 4 amide bonds. The van der Waals surface area contributed by atoms with Gasteiger partial charge in [0.15, 0.2) is 0 Å². The van der Waals surface area contributed by atoms with Crippen LogP contribution in [0.15, 0.2) is 42.5 Å². The number of amides is 4. The van der Waals surface area contributed by atoms with Crippen LogP contribution in [0.5, 0.6) is 0 Å². The fourth-order valence-electron chi connectivity index (χ4n) is 7.01. The van der Waals surface area contributed by atoms with Crippen molar-refractivity contribution in [3.8, 4) is 0 Å². The average Bonchev–Trinajstić information content (AvgIpc) is 3.31. The Morgan fingerprint density at radius 3 is 2.53 bits per heavy atom. The first kappa shape index (κ1) is 20.2. The van der Waals surface area contributed by atoms with E-state index in [4.69, 9.17) is 9.68 Å². The molecule has 0 N–H and O–H groups in total. The van der Waals surface area contributed by atoms with Gasteiger partial charge in [-0.15, -0.1) is 5.06 Å². The van der Waals surface area contributed by atoms with Gasteiger partial charge in [-0.1, -0.05) is 42.5 Å². The highest BCUT2D eigenvalue weighted by atomic mass is 16.7. The number of benzene rings is 1. The molecule has 3 aliphatic heterocycles. The van der Waals surface area contributed by atoms with Crippen molar-refractivity contribution in [3.05, 3.63) is 48.0 Å². The Labute approximate surface area is 196 Å². The van der Waals surface area contributed by atoms with Gasteiger partial charge in [-0.2, -0.15) is 5.06 Å². The Morgan fingerprint density at radius 2 is 1.71 bits per heavy atom. The summed E-state index contributed by atoms with van der Waals surface area (Å²) in [6, 6.07) is 8.17. The second kappa shape index (κ2) is 7.15. The second-order valence-corrected chi connectivity index (χ2v) is 10.3. The quantitative estimate of drug-likeness (QED) is 0.489. The zero-order valence-corrected chi connectivity index (χ0v) is 18.5. The Morgan fingerprint density at radius 1 is 0.941 bits per heavy atom. The van der Waals surface area contributed by atoms with Gasteiger partial charge >= 0.3 is 12.0 Å². The van der Waals surface area contributed by atoms with Gasteiger partial charge in [-0.3, -0.25) is 14.4 Å². The summed E-state index contributed by atoms with van der Waals surface area (Å²) in [4.78, 5) is 64.9. The number of carbonyl (C=O) groups is 4. The molecule has 9 nitrogen and oxygen atoms in total. The molecular formula is C25H25N3O6. The molecule has 8 atom stereocenters. The van der Waals surface area contributed by atoms with Crippen LogP contribution in [0.3, 0.4) is 0 Å². The molecule has 1 aromatic carbocycles. The molecule has 176 valence electrons. The summed E-state index contributed by atoms with van der Waals surface area (Å²) in [6.45, 7) is 0.600. The Hall–Kier alpha value is -3.20.